The van der Waals surface area contributed by atoms with Crippen molar-refractivity contribution in [3.8, 4) is 6.07 Å². The summed E-state index contributed by atoms with van der Waals surface area (Å²) in [5, 5.41) is 14.6. The molecule has 0 bridgehead atoms. The number of para-hydroxylation sites is 1. The SMILES string of the molecule is Cc1ccc(NC(=O)/C(C#N)=C/c2cn(Cc3cccc(Cl)c3)c3ccccc23)cc1Cl. The van der Waals surface area contributed by atoms with Crippen LogP contribution in [0.1, 0.15) is 16.7 Å². The van der Waals surface area contributed by atoms with Crippen molar-refractivity contribution in [2.45, 2.75) is 13.5 Å². The lowest BCUT2D eigenvalue weighted by molar-refractivity contribution is -0.112. The fourth-order valence-electron chi connectivity index (χ4n) is 3.53. The molecule has 158 valence electrons. The topological polar surface area (TPSA) is 57.8 Å². The summed E-state index contributed by atoms with van der Waals surface area (Å²) in [4.78, 5) is 12.7. The average molecular weight is 460 g/mol. The van der Waals surface area contributed by atoms with E-state index in [1.54, 1.807) is 18.2 Å². The van der Waals surface area contributed by atoms with Crippen LogP contribution in [0.2, 0.25) is 10.0 Å². The van der Waals surface area contributed by atoms with Crippen LogP contribution in [0, 0.1) is 18.3 Å². The number of hydrogen-bond acceptors (Lipinski definition) is 2. The molecule has 3 aromatic carbocycles. The number of nitrogens with zero attached hydrogens (tertiary/aromatic N) is 2. The van der Waals surface area contributed by atoms with Crippen LogP contribution in [-0.2, 0) is 11.3 Å². The summed E-state index contributed by atoms with van der Waals surface area (Å²) < 4.78 is 2.08. The molecule has 0 aliphatic rings. The minimum absolute atomic E-state index is 0.00681. The summed E-state index contributed by atoms with van der Waals surface area (Å²) >= 11 is 12.3. The van der Waals surface area contributed by atoms with Gasteiger partial charge in [-0.05, 0) is 54.5 Å². The van der Waals surface area contributed by atoms with E-state index in [-0.39, 0.29) is 5.57 Å². The molecule has 1 amide bonds. The molecule has 0 aliphatic carbocycles. The molecule has 4 aromatic rings. The van der Waals surface area contributed by atoms with E-state index in [9.17, 15) is 10.1 Å². The molecule has 1 aromatic heterocycles. The molecule has 0 aliphatic heterocycles. The third-order valence-corrected chi connectivity index (χ3v) is 5.80. The van der Waals surface area contributed by atoms with Crippen molar-refractivity contribution < 1.29 is 4.79 Å². The predicted octanol–water partition coefficient (Wildman–Crippen LogP) is 6.85. The first-order chi connectivity index (χ1) is 15.4. The third-order valence-electron chi connectivity index (χ3n) is 5.16. The van der Waals surface area contributed by atoms with Crippen LogP contribution in [-0.4, -0.2) is 10.5 Å². The maximum absolute atomic E-state index is 12.7. The number of aromatic nitrogens is 1. The number of carbonyl (C=O) groups is 1. The molecule has 0 spiro atoms. The Bertz CT molecular complexity index is 1400. The molecule has 4 nitrogen and oxygen atoms in total. The molecule has 32 heavy (non-hydrogen) atoms. The van der Waals surface area contributed by atoms with Gasteiger partial charge in [-0.3, -0.25) is 4.79 Å². The van der Waals surface area contributed by atoms with Gasteiger partial charge >= 0.3 is 0 Å². The molecular weight excluding hydrogens is 441 g/mol. The third kappa shape index (κ3) is 4.70. The van der Waals surface area contributed by atoms with Gasteiger partial charge in [0.05, 0.1) is 0 Å². The molecule has 0 fully saturated rings. The molecule has 4 rings (SSSR count). The number of halogens is 2. The van der Waals surface area contributed by atoms with Crippen molar-refractivity contribution in [1.29, 1.82) is 5.26 Å². The Morgan fingerprint density at radius 2 is 1.91 bits per heavy atom. The van der Waals surface area contributed by atoms with Gasteiger partial charge in [-0.1, -0.05) is 59.6 Å². The van der Waals surface area contributed by atoms with Crippen LogP contribution < -0.4 is 5.32 Å². The van der Waals surface area contributed by atoms with Crippen LogP contribution in [0.4, 0.5) is 5.69 Å². The van der Waals surface area contributed by atoms with E-state index in [0.29, 0.717) is 22.3 Å². The Kier molecular flexibility index (Phi) is 6.32. The zero-order valence-corrected chi connectivity index (χ0v) is 18.8. The Morgan fingerprint density at radius 3 is 2.66 bits per heavy atom. The minimum atomic E-state index is -0.487. The zero-order valence-electron chi connectivity index (χ0n) is 17.3. The normalized spacial score (nSPS) is 11.4. The maximum atomic E-state index is 12.7. The molecule has 0 atom stereocenters. The summed E-state index contributed by atoms with van der Waals surface area (Å²) in [6.07, 6.45) is 3.56. The number of carbonyl (C=O) groups excluding carboxylic acids is 1. The second kappa shape index (κ2) is 9.32. The molecule has 0 radical (unpaired) electrons. The molecular formula is C26H19Cl2N3O. The highest BCUT2D eigenvalue weighted by Crippen LogP contribution is 2.26. The quantitative estimate of drug-likeness (QED) is 0.262. The van der Waals surface area contributed by atoms with Gasteiger partial charge in [0.1, 0.15) is 11.6 Å². The van der Waals surface area contributed by atoms with Gasteiger partial charge in [-0.2, -0.15) is 5.26 Å². The van der Waals surface area contributed by atoms with Crippen molar-refractivity contribution in [2.75, 3.05) is 5.32 Å². The summed E-state index contributed by atoms with van der Waals surface area (Å²) in [6, 6.07) is 22.8. The van der Waals surface area contributed by atoms with Gasteiger partial charge in [0.15, 0.2) is 0 Å². The molecule has 0 saturated heterocycles. The number of nitrogens with one attached hydrogen (secondary N) is 1. The first-order valence-corrected chi connectivity index (χ1v) is 10.7. The number of benzene rings is 3. The van der Waals surface area contributed by atoms with E-state index in [1.165, 1.54) is 0 Å². The second-order valence-electron chi connectivity index (χ2n) is 7.45. The van der Waals surface area contributed by atoms with Gasteiger partial charge in [0.25, 0.3) is 5.91 Å². The molecule has 0 saturated carbocycles. The van der Waals surface area contributed by atoms with E-state index < -0.39 is 5.91 Å². The fourth-order valence-corrected chi connectivity index (χ4v) is 3.92. The van der Waals surface area contributed by atoms with Crippen molar-refractivity contribution in [1.82, 2.24) is 4.57 Å². The van der Waals surface area contributed by atoms with E-state index >= 15 is 0 Å². The lowest BCUT2D eigenvalue weighted by Gasteiger charge is -2.06. The van der Waals surface area contributed by atoms with Crippen LogP contribution in [0.5, 0.6) is 0 Å². The highest BCUT2D eigenvalue weighted by Gasteiger charge is 2.13. The maximum Gasteiger partial charge on any atom is 0.266 e. The first kappa shape index (κ1) is 21.7. The number of aryl methyl sites for hydroxylation is 1. The summed E-state index contributed by atoms with van der Waals surface area (Å²) in [7, 11) is 0. The average Bonchev–Trinajstić information content (AvgIpc) is 3.12. The largest absolute Gasteiger partial charge is 0.342 e. The Hall–Kier alpha value is -3.52. The van der Waals surface area contributed by atoms with E-state index in [4.69, 9.17) is 23.2 Å². The van der Waals surface area contributed by atoms with Gasteiger partial charge in [0, 0.05) is 44.9 Å². The number of hydrogen-bond donors (Lipinski definition) is 1. The minimum Gasteiger partial charge on any atom is -0.342 e. The Balaban J connectivity index is 1.67. The van der Waals surface area contributed by atoms with E-state index in [2.05, 4.69) is 9.88 Å². The standard InChI is InChI=1S/C26H19Cl2N3O/c1-17-9-10-22(13-24(17)28)30-26(32)19(14-29)12-20-16-31(25-8-3-2-7-23(20)25)15-18-5-4-6-21(27)11-18/h2-13,16H,15H2,1H3,(H,30,32)/b19-12+. The van der Waals surface area contributed by atoms with Crippen molar-refractivity contribution >= 4 is 51.8 Å². The summed E-state index contributed by atoms with van der Waals surface area (Å²) in [6.45, 7) is 2.50. The highest BCUT2D eigenvalue weighted by molar-refractivity contribution is 6.31. The van der Waals surface area contributed by atoms with Crippen LogP contribution in [0.25, 0.3) is 17.0 Å². The second-order valence-corrected chi connectivity index (χ2v) is 8.29. The Labute approximate surface area is 196 Å². The van der Waals surface area contributed by atoms with E-state index in [1.807, 2.05) is 73.8 Å². The molecule has 1 N–H and O–H groups in total. The Morgan fingerprint density at radius 1 is 1.09 bits per heavy atom. The monoisotopic (exact) mass is 459 g/mol. The summed E-state index contributed by atoms with van der Waals surface area (Å²) in [5.74, 6) is -0.487. The number of nitriles is 1. The van der Waals surface area contributed by atoms with E-state index in [0.717, 1.165) is 27.6 Å². The molecule has 0 unspecified atom stereocenters. The number of fused-ring (bicyclic) bond motifs is 1. The predicted molar refractivity (Wildman–Crippen MR) is 131 cm³/mol. The lowest BCUT2D eigenvalue weighted by Crippen LogP contribution is -2.13. The van der Waals surface area contributed by atoms with Crippen LogP contribution in [0.15, 0.2) is 78.5 Å². The first-order valence-electron chi connectivity index (χ1n) is 9.96. The number of rotatable bonds is 5. The summed E-state index contributed by atoms with van der Waals surface area (Å²) in [5.41, 5.74) is 4.30. The van der Waals surface area contributed by atoms with Crippen molar-refractivity contribution in [3.05, 3.63) is 105 Å². The fraction of sp³-hybridized carbons (Fsp3) is 0.0769. The van der Waals surface area contributed by atoms with Gasteiger partial charge in [-0.25, -0.2) is 0 Å². The zero-order chi connectivity index (χ0) is 22.7. The van der Waals surface area contributed by atoms with Crippen molar-refractivity contribution in [2.24, 2.45) is 0 Å². The van der Waals surface area contributed by atoms with Gasteiger partial charge in [-0.15, -0.1) is 0 Å². The van der Waals surface area contributed by atoms with Gasteiger partial charge in [0.2, 0.25) is 0 Å². The highest BCUT2D eigenvalue weighted by atomic mass is 35.5. The number of anilines is 1. The van der Waals surface area contributed by atoms with Gasteiger partial charge < -0.3 is 9.88 Å². The van der Waals surface area contributed by atoms with Crippen LogP contribution >= 0.6 is 23.2 Å². The number of amides is 1. The molecule has 6 heteroatoms. The smallest absolute Gasteiger partial charge is 0.266 e. The molecule has 1 heterocycles. The van der Waals surface area contributed by atoms with Crippen LogP contribution in [0.3, 0.4) is 0 Å². The lowest BCUT2D eigenvalue weighted by atomic mass is 10.1. The van der Waals surface area contributed by atoms with Crippen molar-refractivity contribution in [3.63, 3.8) is 0 Å².